The van der Waals surface area contributed by atoms with Crippen LogP contribution in [0.25, 0.3) is 0 Å². The van der Waals surface area contributed by atoms with Gasteiger partial charge in [0.1, 0.15) is 6.10 Å². The Labute approximate surface area is 302 Å². The third-order valence-corrected chi connectivity index (χ3v) is 9.55. The van der Waals surface area contributed by atoms with Gasteiger partial charge in [0.2, 0.25) is 0 Å². The molecule has 0 N–H and O–H groups in total. The molecule has 0 aromatic rings. The van der Waals surface area contributed by atoms with E-state index in [2.05, 4.69) is 69.3 Å². The van der Waals surface area contributed by atoms with Crippen LogP contribution in [-0.4, -0.2) is 37.6 Å². The number of rotatable bonds is 38. The summed E-state index contributed by atoms with van der Waals surface area (Å²) >= 11 is 0. The lowest BCUT2D eigenvalue weighted by Gasteiger charge is -2.18. The molecular formula is C45H85NO2. The summed E-state index contributed by atoms with van der Waals surface area (Å²) in [5, 5.41) is 0. The summed E-state index contributed by atoms with van der Waals surface area (Å²) in [4.78, 5) is 14.9. The maximum Gasteiger partial charge on any atom is 0.306 e. The predicted octanol–water partition coefficient (Wildman–Crippen LogP) is 14.7. The Morgan fingerprint density at radius 3 is 1.33 bits per heavy atom. The summed E-state index contributed by atoms with van der Waals surface area (Å²) in [6.45, 7) is 5.65. The molecule has 0 aromatic carbocycles. The maximum absolute atomic E-state index is 12.6. The van der Waals surface area contributed by atoms with Crippen LogP contribution >= 0.6 is 0 Å². The zero-order valence-electron chi connectivity index (χ0n) is 33.1. The number of hydrogen-bond donors (Lipinski definition) is 0. The van der Waals surface area contributed by atoms with Crippen molar-refractivity contribution in [2.24, 2.45) is 0 Å². The topological polar surface area (TPSA) is 29.5 Å². The Balaban J connectivity index is 4.07. The number of esters is 1. The van der Waals surface area contributed by atoms with E-state index in [0.29, 0.717) is 6.42 Å². The molecule has 0 aromatic heterocycles. The lowest BCUT2D eigenvalue weighted by molar-refractivity contribution is -0.150. The fraction of sp³-hybridized carbons (Fsp3) is 0.844. The van der Waals surface area contributed by atoms with Gasteiger partial charge in [0.05, 0.1) is 0 Å². The van der Waals surface area contributed by atoms with Gasteiger partial charge in [-0.25, -0.2) is 0 Å². The maximum atomic E-state index is 12.6. The minimum absolute atomic E-state index is 0.0365. The zero-order valence-corrected chi connectivity index (χ0v) is 33.1. The molecule has 0 fully saturated rings. The highest BCUT2D eigenvalue weighted by molar-refractivity contribution is 5.69. The summed E-state index contributed by atoms with van der Waals surface area (Å²) in [5.41, 5.74) is 0. The minimum Gasteiger partial charge on any atom is -0.462 e. The molecule has 282 valence electrons. The number of unbranched alkanes of at least 4 members (excludes halogenated alkanes) is 23. The molecule has 0 aliphatic rings. The normalized spacial score (nSPS) is 12.8. The molecule has 0 rings (SSSR count). The minimum atomic E-state index is 0.0365. The van der Waals surface area contributed by atoms with E-state index >= 15 is 0 Å². The lowest BCUT2D eigenvalue weighted by atomic mass is 10.0. The highest BCUT2D eigenvalue weighted by atomic mass is 16.5. The van der Waals surface area contributed by atoms with Gasteiger partial charge < -0.3 is 9.64 Å². The van der Waals surface area contributed by atoms with Crippen LogP contribution in [0.15, 0.2) is 36.5 Å². The first-order valence-electron chi connectivity index (χ1n) is 21.4. The molecule has 0 heterocycles. The molecule has 0 bridgehead atoms. The lowest BCUT2D eigenvalue weighted by Crippen LogP contribution is -2.18. The first-order valence-corrected chi connectivity index (χ1v) is 21.4. The van der Waals surface area contributed by atoms with Gasteiger partial charge in [-0.2, -0.15) is 0 Å². The molecule has 1 atom stereocenters. The van der Waals surface area contributed by atoms with Crippen LogP contribution in [0.1, 0.15) is 219 Å². The van der Waals surface area contributed by atoms with Crippen molar-refractivity contribution in [1.29, 1.82) is 0 Å². The quantitative estimate of drug-likeness (QED) is 0.0372. The van der Waals surface area contributed by atoms with Gasteiger partial charge in [-0.15, -0.1) is 0 Å². The van der Waals surface area contributed by atoms with Crippen LogP contribution < -0.4 is 0 Å². The number of ether oxygens (including phenoxy) is 1. The molecule has 0 saturated carbocycles. The highest BCUT2D eigenvalue weighted by Crippen LogP contribution is 2.19. The highest BCUT2D eigenvalue weighted by Gasteiger charge is 2.14. The van der Waals surface area contributed by atoms with Gasteiger partial charge in [0, 0.05) is 6.42 Å². The van der Waals surface area contributed by atoms with Crippen molar-refractivity contribution < 1.29 is 9.53 Å². The van der Waals surface area contributed by atoms with Crippen molar-refractivity contribution in [2.75, 3.05) is 20.6 Å². The van der Waals surface area contributed by atoms with Crippen LogP contribution in [0.4, 0.5) is 0 Å². The second-order valence-electron chi connectivity index (χ2n) is 14.8. The Morgan fingerprint density at radius 1 is 0.479 bits per heavy atom. The Bertz CT molecular complexity index is 724. The SMILES string of the molecule is CCCCC/C=C\C/C=C\CCCCCCCCC(CCCCCCCC/C=C\CCCCCCCC)OC(=O)CCCCCN(C)C. The predicted molar refractivity (Wildman–Crippen MR) is 215 cm³/mol. The largest absolute Gasteiger partial charge is 0.462 e. The molecule has 3 heteroatoms. The van der Waals surface area contributed by atoms with E-state index in [0.717, 1.165) is 45.1 Å². The third-order valence-electron chi connectivity index (χ3n) is 9.55. The van der Waals surface area contributed by atoms with E-state index in [9.17, 15) is 4.79 Å². The van der Waals surface area contributed by atoms with Gasteiger partial charge in [0.25, 0.3) is 0 Å². The molecule has 1 unspecified atom stereocenters. The number of carbonyl (C=O) groups is 1. The van der Waals surface area contributed by atoms with Crippen LogP contribution in [-0.2, 0) is 9.53 Å². The van der Waals surface area contributed by atoms with Crippen molar-refractivity contribution in [3.63, 3.8) is 0 Å². The van der Waals surface area contributed by atoms with Crippen molar-refractivity contribution in [2.45, 2.75) is 225 Å². The second-order valence-corrected chi connectivity index (χ2v) is 14.8. The molecule has 0 amide bonds. The van der Waals surface area contributed by atoms with Crippen molar-refractivity contribution in [3.05, 3.63) is 36.5 Å². The first kappa shape index (κ1) is 46.6. The number of allylic oxidation sites excluding steroid dienone is 6. The zero-order chi connectivity index (χ0) is 35.0. The van der Waals surface area contributed by atoms with Gasteiger partial charge >= 0.3 is 5.97 Å². The standard InChI is InChI=1S/C45H85NO2/c1-5-7-9-11-13-15-17-19-21-23-25-27-29-31-33-36-40-44(48-45(47)42-38-35-39-43-46(3)4)41-37-34-32-30-28-26-24-22-20-18-16-14-12-10-8-6-2/h13,15,19-22,44H,5-12,14,16-18,23-43H2,1-4H3/b15-13-,21-19-,22-20-. The molecule has 0 aliphatic carbocycles. The third kappa shape index (κ3) is 39.1. The molecule has 0 spiro atoms. The Morgan fingerprint density at radius 2 is 0.854 bits per heavy atom. The fourth-order valence-corrected chi connectivity index (χ4v) is 6.36. The number of carbonyl (C=O) groups excluding carboxylic acids is 1. The van der Waals surface area contributed by atoms with E-state index in [-0.39, 0.29) is 12.1 Å². The summed E-state index contributed by atoms with van der Waals surface area (Å²) in [6.07, 6.45) is 54.2. The van der Waals surface area contributed by atoms with Crippen LogP contribution in [0, 0.1) is 0 Å². The molecule has 0 radical (unpaired) electrons. The molecular weight excluding hydrogens is 587 g/mol. The van der Waals surface area contributed by atoms with E-state index in [4.69, 9.17) is 4.74 Å². The van der Waals surface area contributed by atoms with Crippen molar-refractivity contribution >= 4 is 5.97 Å². The van der Waals surface area contributed by atoms with E-state index in [1.165, 1.54) is 161 Å². The first-order chi connectivity index (χ1) is 23.6. The average molecular weight is 672 g/mol. The van der Waals surface area contributed by atoms with Crippen LogP contribution in [0.3, 0.4) is 0 Å². The molecule has 0 saturated heterocycles. The molecule has 48 heavy (non-hydrogen) atoms. The van der Waals surface area contributed by atoms with E-state index in [1.807, 2.05) is 0 Å². The second kappa shape index (κ2) is 40.1. The smallest absolute Gasteiger partial charge is 0.306 e. The van der Waals surface area contributed by atoms with Gasteiger partial charge in [-0.1, -0.05) is 153 Å². The molecule has 0 aliphatic heterocycles. The van der Waals surface area contributed by atoms with Crippen molar-refractivity contribution in [1.82, 2.24) is 4.90 Å². The Hall–Kier alpha value is -1.35. The van der Waals surface area contributed by atoms with E-state index in [1.54, 1.807) is 0 Å². The monoisotopic (exact) mass is 672 g/mol. The average Bonchev–Trinajstić information content (AvgIpc) is 3.07. The van der Waals surface area contributed by atoms with Gasteiger partial charge in [-0.3, -0.25) is 4.79 Å². The van der Waals surface area contributed by atoms with Crippen molar-refractivity contribution in [3.8, 4) is 0 Å². The number of nitrogens with zero attached hydrogens (tertiary/aromatic N) is 1. The van der Waals surface area contributed by atoms with Gasteiger partial charge in [0.15, 0.2) is 0 Å². The van der Waals surface area contributed by atoms with Crippen LogP contribution in [0.5, 0.6) is 0 Å². The van der Waals surface area contributed by atoms with Crippen LogP contribution in [0.2, 0.25) is 0 Å². The summed E-state index contributed by atoms with van der Waals surface area (Å²) in [6, 6.07) is 0. The fourth-order valence-electron chi connectivity index (χ4n) is 6.36. The molecule has 3 nitrogen and oxygen atoms in total. The summed E-state index contributed by atoms with van der Waals surface area (Å²) in [7, 11) is 4.23. The Kier molecular flexibility index (Phi) is 39.0. The summed E-state index contributed by atoms with van der Waals surface area (Å²) < 4.78 is 6.06. The van der Waals surface area contributed by atoms with E-state index < -0.39 is 0 Å². The summed E-state index contributed by atoms with van der Waals surface area (Å²) in [5.74, 6) is 0.0365. The van der Waals surface area contributed by atoms with Gasteiger partial charge in [-0.05, 0) is 117 Å². The number of hydrogen-bond acceptors (Lipinski definition) is 3.